The molecule has 3 heteroatoms. The van der Waals surface area contributed by atoms with Gasteiger partial charge in [-0.2, -0.15) is 0 Å². The second-order valence-electron chi connectivity index (χ2n) is 2.19. The van der Waals surface area contributed by atoms with Crippen LogP contribution in [0, 0.1) is 5.92 Å². The van der Waals surface area contributed by atoms with Crippen LogP contribution in [0.1, 0.15) is 20.3 Å². The van der Waals surface area contributed by atoms with Crippen LogP contribution in [0.2, 0.25) is 0 Å². The molecule has 0 amide bonds. The minimum atomic E-state index is -0.353. The lowest BCUT2D eigenvalue weighted by molar-refractivity contribution is -0.125. The van der Waals surface area contributed by atoms with Gasteiger partial charge >= 0.3 is 0 Å². The van der Waals surface area contributed by atoms with Crippen molar-refractivity contribution in [1.29, 1.82) is 0 Å². The summed E-state index contributed by atoms with van der Waals surface area (Å²) in [5.74, 6) is -0.101. The zero-order valence-electron chi connectivity index (χ0n) is 5.55. The first-order valence-corrected chi connectivity index (χ1v) is 3.23. The van der Waals surface area contributed by atoms with E-state index in [0.29, 0.717) is 0 Å². The van der Waals surface area contributed by atoms with Gasteiger partial charge in [0.2, 0.25) is 0 Å². The van der Waals surface area contributed by atoms with Crippen molar-refractivity contribution in [3.05, 3.63) is 0 Å². The molecule has 0 radical (unpaired) electrons. The summed E-state index contributed by atoms with van der Waals surface area (Å²) in [5, 5.41) is -0.353. The molecule has 0 saturated carbocycles. The van der Waals surface area contributed by atoms with Crippen molar-refractivity contribution >= 4 is 23.5 Å². The van der Waals surface area contributed by atoms with Crippen LogP contribution in [0.15, 0.2) is 0 Å². The van der Waals surface area contributed by atoms with Crippen molar-refractivity contribution in [2.45, 2.75) is 20.3 Å². The minimum Gasteiger partial charge on any atom is -0.299 e. The van der Waals surface area contributed by atoms with E-state index in [0.717, 1.165) is 0 Å². The lowest BCUT2D eigenvalue weighted by atomic mass is 10.1. The quantitative estimate of drug-likeness (QED) is 0.477. The van der Waals surface area contributed by atoms with Crippen LogP contribution in [-0.2, 0) is 9.59 Å². The van der Waals surface area contributed by atoms with Gasteiger partial charge in [-0.25, -0.2) is 0 Å². The minimum absolute atomic E-state index is 0.0409. The van der Waals surface area contributed by atoms with E-state index < -0.39 is 0 Å². The predicted octanol–water partition coefficient (Wildman–Crippen LogP) is 1.06. The number of Topliss-reactive ketones (excluding diaryl/α,β-unsaturated/α-hetero) is 1. The van der Waals surface area contributed by atoms with Crippen LogP contribution in [0.5, 0.6) is 0 Å². The number of rotatable bonds is 3. The molecule has 0 heterocycles. The molecule has 0 aromatic carbocycles. The molecule has 0 aliphatic rings. The molecule has 0 unspecified atom stereocenters. The van der Waals surface area contributed by atoms with E-state index in [1.807, 2.05) is 0 Å². The summed E-state index contributed by atoms with van der Waals surface area (Å²) in [5.41, 5.74) is 0. The predicted molar refractivity (Wildman–Crippen MR) is 38.5 cm³/mol. The van der Waals surface area contributed by atoms with Crippen molar-refractivity contribution < 1.29 is 9.59 Å². The molecule has 0 aromatic rings. The smallest absolute Gasteiger partial charge is 0.193 e. The lowest BCUT2D eigenvalue weighted by Gasteiger charge is -1.98. The highest BCUT2D eigenvalue weighted by atomic mass is 32.1. The zero-order valence-corrected chi connectivity index (χ0v) is 6.44. The summed E-state index contributed by atoms with van der Waals surface area (Å²) in [6.45, 7) is 3.53. The first-order valence-electron chi connectivity index (χ1n) is 2.78. The molecule has 0 rings (SSSR count). The van der Waals surface area contributed by atoms with E-state index in [1.165, 1.54) is 0 Å². The monoisotopic (exact) mass is 146 g/mol. The molecule has 0 N–H and O–H groups in total. The topological polar surface area (TPSA) is 34.1 Å². The molecule has 9 heavy (non-hydrogen) atoms. The van der Waals surface area contributed by atoms with Gasteiger partial charge in [0.15, 0.2) is 5.12 Å². The summed E-state index contributed by atoms with van der Waals surface area (Å²) in [6.07, 6.45) is -0.0409. The Morgan fingerprint density at radius 2 is 1.89 bits per heavy atom. The van der Waals surface area contributed by atoms with Gasteiger partial charge in [0.1, 0.15) is 5.78 Å². The fraction of sp³-hybridized carbons (Fsp3) is 0.667. The summed E-state index contributed by atoms with van der Waals surface area (Å²) >= 11 is 3.47. The van der Waals surface area contributed by atoms with E-state index in [-0.39, 0.29) is 23.2 Å². The fourth-order valence-electron chi connectivity index (χ4n) is 0.353. The molecule has 0 atom stereocenters. The van der Waals surface area contributed by atoms with Crippen molar-refractivity contribution in [2.24, 2.45) is 5.92 Å². The van der Waals surface area contributed by atoms with Crippen molar-refractivity contribution in [3.63, 3.8) is 0 Å². The molecular weight excluding hydrogens is 136 g/mol. The average molecular weight is 146 g/mol. The maximum atomic E-state index is 10.7. The van der Waals surface area contributed by atoms with Crippen molar-refractivity contribution in [2.75, 3.05) is 0 Å². The number of ketones is 1. The Hall–Kier alpha value is -0.310. The highest BCUT2D eigenvalue weighted by Crippen LogP contribution is 2.00. The number of hydrogen-bond acceptors (Lipinski definition) is 2. The standard InChI is InChI=1S/C6H10O2S/c1-4(2)5(7)3-6(8)9/h4H,3H2,1-2H3,(H,8,9). The molecule has 52 valence electrons. The van der Waals surface area contributed by atoms with E-state index >= 15 is 0 Å². The SMILES string of the molecule is CC(C)C(=O)CC(=O)S. The second kappa shape index (κ2) is 3.67. The van der Waals surface area contributed by atoms with E-state index in [2.05, 4.69) is 12.6 Å². The third-order valence-corrected chi connectivity index (χ3v) is 1.13. The molecule has 0 aromatic heterocycles. The van der Waals surface area contributed by atoms with Gasteiger partial charge in [-0.05, 0) is 0 Å². The Balaban J connectivity index is 3.64. The Morgan fingerprint density at radius 3 is 2.00 bits per heavy atom. The van der Waals surface area contributed by atoms with Gasteiger partial charge in [0.25, 0.3) is 0 Å². The third-order valence-electron chi connectivity index (χ3n) is 0.969. The van der Waals surface area contributed by atoms with Crippen molar-refractivity contribution in [1.82, 2.24) is 0 Å². The molecule has 0 saturated heterocycles. The van der Waals surface area contributed by atoms with Crippen LogP contribution >= 0.6 is 12.6 Å². The van der Waals surface area contributed by atoms with E-state index in [9.17, 15) is 9.59 Å². The first-order chi connectivity index (χ1) is 4.04. The Bertz CT molecular complexity index is 129. The first kappa shape index (κ1) is 8.69. The summed E-state index contributed by atoms with van der Waals surface area (Å²) < 4.78 is 0. The third kappa shape index (κ3) is 4.21. The van der Waals surface area contributed by atoms with Crippen LogP contribution in [0.3, 0.4) is 0 Å². The molecule has 0 fully saturated rings. The van der Waals surface area contributed by atoms with Gasteiger partial charge in [0.05, 0.1) is 6.42 Å². The maximum Gasteiger partial charge on any atom is 0.193 e. The highest BCUT2D eigenvalue weighted by Gasteiger charge is 2.08. The highest BCUT2D eigenvalue weighted by molar-refractivity contribution is 7.96. The molecule has 0 aliphatic heterocycles. The van der Waals surface area contributed by atoms with Gasteiger partial charge in [0, 0.05) is 5.92 Å². The average Bonchev–Trinajstić information content (AvgIpc) is 1.63. The second-order valence-corrected chi connectivity index (χ2v) is 2.69. The number of carbonyl (C=O) groups excluding carboxylic acids is 2. The Morgan fingerprint density at radius 1 is 1.44 bits per heavy atom. The van der Waals surface area contributed by atoms with Gasteiger partial charge in [-0.3, -0.25) is 9.59 Å². The molecule has 0 aliphatic carbocycles. The summed E-state index contributed by atoms with van der Waals surface area (Å²) in [7, 11) is 0. The van der Waals surface area contributed by atoms with E-state index in [4.69, 9.17) is 0 Å². The normalized spacial score (nSPS) is 9.78. The molecule has 2 nitrogen and oxygen atoms in total. The van der Waals surface area contributed by atoms with Gasteiger partial charge < -0.3 is 0 Å². The Labute approximate surface area is 60.0 Å². The maximum absolute atomic E-state index is 10.7. The van der Waals surface area contributed by atoms with Crippen LogP contribution in [0.25, 0.3) is 0 Å². The number of hydrogen-bond donors (Lipinski definition) is 1. The van der Waals surface area contributed by atoms with Crippen LogP contribution in [0.4, 0.5) is 0 Å². The largest absolute Gasteiger partial charge is 0.299 e. The Kier molecular flexibility index (Phi) is 3.54. The molecule has 0 bridgehead atoms. The van der Waals surface area contributed by atoms with Crippen molar-refractivity contribution in [3.8, 4) is 0 Å². The summed E-state index contributed by atoms with van der Waals surface area (Å²) in [4.78, 5) is 20.9. The van der Waals surface area contributed by atoms with Gasteiger partial charge in [-0.15, -0.1) is 12.6 Å². The number of thiol groups is 1. The van der Waals surface area contributed by atoms with Crippen LogP contribution < -0.4 is 0 Å². The number of carbonyl (C=O) groups is 2. The zero-order chi connectivity index (χ0) is 7.44. The summed E-state index contributed by atoms with van der Waals surface area (Å²) in [6, 6.07) is 0. The molecule has 0 spiro atoms. The van der Waals surface area contributed by atoms with Gasteiger partial charge in [-0.1, -0.05) is 13.8 Å². The lowest BCUT2D eigenvalue weighted by Crippen LogP contribution is -2.09. The van der Waals surface area contributed by atoms with Crippen LogP contribution in [-0.4, -0.2) is 10.9 Å². The fourth-order valence-corrected chi connectivity index (χ4v) is 0.509. The van der Waals surface area contributed by atoms with E-state index in [1.54, 1.807) is 13.8 Å². The molecular formula is C6H10O2S.